The molecular weight excluding hydrogens is 290 g/mol. The zero-order valence-electron chi connectivity index (χ0n) is 13.9. The topological polar surface area (TPSA) is 73.2 Å². The molecular formula is C18H23N3O2. The van der Waals surface area contributed by atoms with E-state index >= 15 is 0 Å². The highest BCUT2D eigenvalue weighted by atomic mass is 16.2. The van der Waals surface area contributed by atoms with Crippen molar-refractivity contribution in [2.24, 2.45) is 0 Å². The molecule has 2 rings (SSSR count). The van der Waals surface area contributed by atoms with Gasteiger partial charge in [0.15, 0.2) is 0 Å². The number of nitrogens with one attached hydrogen (secondary N) is 1. The first-order chi connectivity index (χ1) is 11.0. The molecule has 0 bridgehead atoms. The molecule has 1 saturated heterocycles. The number of hydrogen-bond donors (Lipinski definition) is 1. The van der Waals surface area contributed by atoms with E-state index in [2.05, 4.69) is 19.2 Å². The summed E-state index contributed by atoms with van der Waals surface area (Å²) in [5.41, 5.74) is 1.02. The third kappa shape index (κ3) is 3.07. The maximum Gasteiger partial charge on any atom is 0.325 e. The summed E-state index contributed by atoms with van der Waals surface area (Å²) in [6.07, 6.45) is 1.33. The molecule has 0 aromatic heterocycles. The van der Waals surface area contributed by atoms with E-state index in [4.69, 9.17) is 5.26 Å². The molecule has 1 heterocycles. The van der Waals surface area contributed by atoms with Crippen LogP contribution in [0.3, 0.4) is 0 Å². The summed E-state index contributed by atoms with van der Waals surface area (Å²) in [4.78, 5) is 26.3. The molecule has 0 radical (unpaired) electrons. The average molecular weight is 313 g/mol. The lowest BCUT2D eigenvalue weighted by Gasteiger charge is -2.26. The van der Waals surface area contributed by atoms with Crippen LogP contribution in [0, 0.1) is 11.3 Å². The third-order valence-corrected chi connectivity index (χ3v) is 4.45. The number of carbonyl (C=O) groups is 2. The summed E-state index contributed by atoms with van der Waals surface area (Å²) in [7, 11) is 0. The summed E-state index contributed by atoms with van der Waals surface area (Å²) in [5.74, 6) is 0.193. The van der Waals surface area contributed by atoms with E-state index in [0.29, 0.717) is 25.2 Å². The van der Waals surface area contributed by atoms with Gasteiger partial charge in [-0.05, 0) is 29.9 Å². The van der Waals surface area contributed by atoms with Crippen LogP contribution in [-0.4, -0.2) is 23.4 Å². The number of imide groups is 1. The minimum absolute atomic E-state index is 0.222. The van der Waals surface area contributed by atoms with Crippen molar-refractivity contribution in [2.75, 3.05) is 6.54 Å². The predicted octanol–water partition coefficient (Wildman–Crippen LogP) is 3.27. The number of carbonyl (C=O) groups excluding carboxylic acids is 2. The van der Waals surface area contributed by atoms with Crippen molar-refractivity contribution in [3.8, 4) is 6.07 Å². The van der Waals surface area contributed by atoms with Gasteiger partial charge in [-0.1, -0.05) is 45.0 Å². The second-order valence-corrected chi connectivity index (χ2v) is 6.18. The Hall–Kier alpha value is -2.35. The quantitative estimate of drug-likeness (QED) is 0.647. The Morgan fingerprint density at radius 1 is 1.26 bits per heavy atom. The fourth-order valence-corrected chi connectivity index (χ4v) is 2.94. The Bertz CT molecular complexity index is 631. The largest absolute Gasteiger partial charge is 0.325 e. The Balaban J connectivity index is 2.28. The van der Waals surface area contributed by atoms with Gasteiger partial charge >= 0.3 is 6.03 Å². The Morgan fingerprint density at radius 2 is 1.91 bits per heavy atom. The number of amides is 3. The van der Waals surface area contributed by atoms with Crippen molar-refractivity contribution in [3.05, 3.63) is 35.4 Å². The summed E-state index contributed by atoms with van der Waals surface area (Å²) >= 11 is 0. The van der Waals surface area contributed by atoms with Crippen LogP contribution in [0.5, 0.6) is 0 Å². The first kappa shape index (κ1) is 17.0. The summed E-state index contributed by atoms with van der Waals surface area (Å²) < 4.78 is 0. The lowest BCUT2D eigenvalue weighted by Crippen LogP contribution is -2.43. The highest BCUT2D eigenvalue weighted by Gasteiger charge is 2.50. The van der Waals surface area contributed by atoms with Gasteiger partial charge in [-0.25, -0.2) is 4.79 Å². The molecule has 1 N–H and O–H groups in total. The van der Waals surface area contributed by atoms with E-state index in [9.17, 15) is 9.59 Å². The minimum Gasteiger partial charge on any atom is -0.319 e. The van der Waals surface area contributed by atoms with Crippen LogP contribution in [0.25, 0.3) is 0 Å². The number of hydrogen-bond acceptors (Lipinski definition) is 3. The molecule has 1 aromatic rings. The second kappa shape index (κ2) is 6.82. The second-order valence-electron chi connectivity index (χ2n) is 6.18. The SMILES string of the molecule is CCC1(c2ccc(C(C)C)cc2)NC(=O)N(CCCC#N)C1=O. The first-order valence-electron chi connectivity index (χ1n) is 8.07. The van der Waals surface area contributed by atoms with E-state index < -0.39 is 5.54 Å². The highest BCUT2D eigenvalue weighted by Crippen LogP contribution is 2.33. The van der Waals surface area contributed by atoms with Gasteiger partial charge in [0.1, 0.15) is 5.54 Å². The van der Waals surface area contributed by atoms with E-state index in [1.807, 2.05) is 37.3 Å². The van der Waals surface area contributed by atoms with Gasteiger partial charge in [-0.15, -0.1) is 0 Å². The summed E-state index contributed by atoms with van der Waals surface area (Å²) in [5, 5.41) is 11.5. The zero-order chi connectivity index (χ0) is 17.0. The maximum atomic E-state index is 12.8. The average Bonchev–Trinajstić information content (AvgIpc) is 2.80. The fourth-order valence-electron chi connectivity index (χ4n) is 2.94. The van der Waals surface area contributed by atoms with Crippen LogP contribution >= 0.6 is 0 Å². The molecule has 5 heteroatoms. The molecule has 1 aromatic carbocycles. The Morgan fingerprint density at radius 3 is 2.43 bits per heavy atom. The van der Waals surface area contributed by atoms with Crippen LogP contribution in [0.15, 0.2) is 24.3 Å². The van der Waals surface area contributed by atoms with Gasteiger partial charge in [0.2, 0.25) is 0 Å². The maximum absolute atomic E-state index is 12.8. The van der Waals surface area contributed by atoms with E-state index in [1.54, 1.807) is 0 Å². The predicted molar refractivity (Wildman–Crippen MR) is 87.6 cm³/mol. The van der Waals surface area contributed by atoms with Gasteiger partial charge in [0, 0.05) is 13.0 Å². The fraction of sp³-hybridized carbons (Fsp3) is 0.500. The molecule has 23 heavy (non-hydrogen) atoms. The molecule has 3 amide bonds. The molecule has 1 fully saturated rings. The smallest absolute Gasteiger partial charge is 0.319 e. The molecule has 1 atom stereocenters. The van der Waals surface area contributed by atoms with Crippen molar-refractivity contribution in [1.82, 2.24) is 10.2 Å². The van der Waals surface area contributed by atoms with Crippen molar-refractivity contribution in [2.45, 2.75) is 51.5 Å². The minimum atomic E-state index is -0.987. The third-order valence-electron chi connectivity index (χ3n) is 4.45. The van der Waals surface area contributed by atoms with Gasteiger partial charge < -0.3 is 5.32 Å². The number of unbranched alkanes of at least 4 members (excludes halogenated alkanes) is 1. The standard InChI is InChI=1S/C18H23N3O2/c1-4-18(15-9-7-14(8-10-15)13(2)3)16(22)21(17(23)20-18)12-6-5-11-19/h7-10,13H,4-6,12H2,1-3H3,(H,20,23). The van der Waals surface area contributed by atoms with Crippen molar-refractivity contribution in [3.63, 3.8) is 0 Å². The Labute approximate surface area is 137 Å². The van der Waals surface area contributed by atoms with Gasteiger partial charge in [-0.3, -0.25) is 9.69 Å². The number of nitrogens with zero attached hydrogens (tertiary/aromatic N) is 2. The number of urea groups is 1. The van der Waals surface area contributed by atoms with Crippen molar-refractivity contribution in [1.29, 1.82) is 5.26 Å². The number of rotatable bonds is 6. The zero-order valence-corrected chi connectivity index (χ0v) is 13.9. The van der Waals surface area contributed by atoms with Crippen molar-refractivity contribution < 1.29 is 9.59 Å². The molecule has 1 aliphatic rings. The summed E-state index contributed by atoms with van der Waals surface area (Å²) in [6.45, 7) is 6.41. The van der Waals surface area contributed by atoms with Crippen LogP contribution in [0.4, 0.5) is 4.79 Å². The molecule has 122 valence electrons. The molecule has 5 nitrogen and oxygen atoms in total. The lowest BCUT2D eigenvalue weighted by atomic mass is 9.86. The highest BCUT2D eigenvalue weighted by molar-refractivity contribution is 6.07. The van der Waals surface area contributed by atoms with E-state index in [1.165, 1.54) is 10.5 Å². The monoisotopic (exact) mass is 313 g/mol. The van der Waals surface area contributed by atoms with E-state index in [0.717, 1.165) is 5.56 Å². The van der Waals surface area contributed by atoms with Crippen molar-refractivity contribution >= 4 is 11.9 Å². The molecule has 0 saturated carbocycles. The lowest BCUT2D eigenvalue weighted by molar-refractivity contribution is -0.131. The first-order valence-corrected chi connectivity index (χ1v) is 8.07. The number of nitriles is 1. The van der Waals surface area contributed by atoms with Gasteiger partial charge in [0.25, 0.3) is 5.91 Å². The van der Waals surface area contributed by atoms with Gasteiger partial charge in [0.05, 0.1) is 6.07 Å². The molecule has 1 aliphatic heterocycles. The van der Waals surface area contributed by atoms with E-state index in [-0.39, 0.29) is 18.5 Å². The Kier molecular flexibility index (Phi) is 5.05. The van der Waals surface area contributed by atoms with Crippen LogP contribution in [-0.2, 0) is 10.3 Å². The van der Waals surface area contributed by atoms with Crippen LogP contribution in [0.2, 0.25) is 0 Å². The summed E-state index contributed by atoms with van der Waals surface area (Å²) in [6, 6.07) is 9.53. The molecule has 1 unspecified atom stereocenters. The van der Waals surface area contributed by atoms with Crippen LogP contribution in [0.1, 0.15) is 57.1 Å². The number of benzene rings is 1. The molecule has 0 aliphatic carbocycles. The molecule has 0 spiro atoms. The normalized spacial score (nSPS) is 20.7. The van der Waals surface area contributed by atoms with Crippen LogP contribution < -0.4 is 5.32 Å². The van der Waals surface area contributed by atoms with Gasteiger partial charge in [-0.2, -0.15) is 5.26 Å².